The molecule has 6 N–H and O–H groups in total. The van der Waals surface area contributed by atoms with Crippen LogP contribution >= 0.6 is 0 Å². The topological polar surface area (TPSA) is 140 Å². The van der Waals surface area contributed by atoms with Crippen LogP contribution in [0.2, 0.25) is 0 Å². The molecule has 0 fully saturated rings. The minimum absolute atomic E-state index is 0.0146. The number of hydrogen-bond acceptors (Lipinski definition) is 8. The van der Waals surface area contributed by atoms with Crippen LogP contribution in [0.15, 0.2) is 36.4 Å². The van der Waals surface area contributed by atoms with Crippen LogP contribution in [-0.4, -0.2) is 47.9 Å². The molecular weight excluding hydrogens is 388 g/mol. The van der Waals surface area contributed by atoms with Gasteiger partial charge in [0.1, 0.15) is 0 Å². The molecule has 1 heterocycles. The van der Waals surface area contributed by atoms with E-state index in [2.05, 4.69) is 5.32 Å². The highest BCUT2D eigenvalue weighted by Crippen LogP contribution is 2.37. The van der Waals surface area contributed by atoms with Gasteiger partial charge >= 0.3 is 0 Å². The summed E-state index contributed by atoms with van der Waals surface area (Å²) in [5.74, 6) is -1.72. The first kappa shape index (κ1) is 21.6. The summed E-state index contributed by atoms with van der Waals surface area (Å²) in [6.07, 6.45) is 0. The van der Waals surface area contributed by atoms with Crippen LogP contribution in [-0.2, 0) is 0 Å². The van der Waals surface area contributed by atoms with Crippen LogP contribution in [0.1, 0.15) is 46.2 Å². The smallest absolute Gasteiger partial charge is 0.264 e. The summed E-state index contributed by atoms with van der Waals surface area (Å²) in [7, 11) is 1.53. The maximum atomic E-state index is 13.3. The van der Waals surface area contributed by atoms with E-state index in [0.29, 0.717) is 23.7 Å². The molecule has 0 saturated heterocycles. The molecule has 0 bridgehead atoms. The number of carbonyl (C=O) groups is 2. The first-order valence-corrected chi connectivity index (χ1v) is 9.53. The van der Waals surface area contributed by atoms with Gasteiger partial charge in [0.2, 0.25) is 0 Å². The number of nitrogens with two attached hydrogens (primary N) is 2. The van der Waals surface area contributed by atoms with Crippen molar-refractivity contribution >= 4 is 17.5 Å². The van der Waals surface area contributed by atoms with Crippen molar-refractivity contribution in [1.82, 2.24) is 4.90 Å². The number of benzene rings is 2. The zero-order valence-corrected chi connectivity index (χ0v) is 17.1. The van der Waals surface area contributed by atoms with Gasteiger partial charge in [-0.15, -0.1) is 0 Å². The predicted octanol–water partition coefficient (Wildman–Crippen LogP) is 1.43. The predicted molar refractivity (Wildman–Crippen MR) is 111 cm³/mol. The van der Waals surface area contributed by atoms with E-state index in [4.69, 9.17) is 20.9 Å². The quantitative estimate of drug-likeness (QED) is 0.376. The summed E-state index contributed by atoms with van der Waals surface area (Å²) >= 11 is 0. The lowest BCUT2D eigenvalue weighted by molar-refractivity contribution is 0.0587. The molecule has 2 amide bonds. The van der Waals surface area contributed by atoms with Crippen LogP contribution < -0.4 is 26.3 Å². The fourth-order valence-electron chi connectivity index (χ4n) is 3.52. The number of hydrogen-bond donors (Lipinski definition) is 4. The Hall–Kier alpha value is -3.14. The SMILES string of the molecule is CCOc1cc(C(CN)N2C(=O)c3cccc(NC(C)(N)O)c3C2=O)ccc1OC. The molecule has 2 aromatic carbocycles. The summed E-state index contributed by atoms with van der Waals surface area (Å²) in [6.45, 7) is 3.62. The van der Waals surface area contributed by atoms with Crippen molar-refractivity contribution in [2.24, 2.45) is 11.5 Å². The van der Waals surface area contributed by atoms with Gasteiger partial charge in [-0.05, 0) is 43.7 Å². The lowest BCUT2D eigenvalue weighted by atomic mass is 10.0. The first-order chi connectivity index (χ1) is 14.2. The second-order valence-electron chi connectivity index (χ2n) is 7.08. The molecule has 160 valence electrons. The molecule has 0 aromatic heterocycles. The lowest BCUT2D eigenvalue weighted by Crippen LogP contribution is -2.44. The van der Waals surface area contributed by atoms with E-state index in [0.717, 1.165) is 4.90 Å². The van der Waals surface area contributed by atoms with Gasteiger partial charge < -0.3 is 25.6 Å². The van der Waals surface area contributed by atoms with Gasteiger partial charge in [0.05, 0.1) is 36.6 Å². The molecule has 0 saturated carbocycles. The number of rotatable bonds is 8. The highest BCUT2D eigenvalue weighted by Gasteiger charge is 2.42. The molecule has 30 heavy (non-hydrogen) atoms. The summed E-state index contributed by atoms with van der Waals surface area (Å²) in [5, 5.41) is 12.6. The molecule has 2 unspecified atom stereocenters. The van der Waals surface area contributed by atoms with Crippen LogP contribution in [0.5, 0.6) is 11.5 Å². The Bertz CT molecular complexity index is 970. The van der Waals surface area contributed by atoms with Gasteiger partial charge in [0.15, 0.2) is 17.3 Å². The van der Waals surface area contributed by atoms with E-state index >= 15 is 0 Å². The maximum Gasteiger partial charge on any atom is 0.264 e. The molecule has 9 nitrogen and oxygen atoms in total. The molecular formula is C21H26N4O5. The third-order valence-electron chi connectivity index (χ3n) is 4.74. The van der Waals surface area contributed by atoms with Gasteiger partial charge in [-0.3, -0.25) is 20.2 Å². The minimum Gasteiger partial charge on any atom is -0.493 e. The van der Waals surface area contributed by atoms with Crippen molar-refractivity contribution in [2.45, 2.75) is 25.7 Å². The average molecular weight is 414 g/mol. The molecule has 1 aliphatic heterocycles. The molecule has 1 aliphatic rings. The Balaban J connectivity index is 2.02. The molecule has 0 aliphatic carbocycles. The Morgan fingerprint density at radius 3 is 2.53 bits per heavy atom. The van der Waals surface area contributed by atoms with E-state index in [1.807, 2.05) is 6.92 Å². The van der Waals surface area contributed by atoms with Crippen LogP contribution in [0.3, 0.4) is 0 Å². The van der Waals surface area contributed by atoms with E-state index in [-0.39, 0.29) is 23.4 Å². The maximum absolute atomic E-state index is 13.3. The molecule has 3 rings (SSSR count). The summed E-state index contributed by atoms with van der Waals surface area (Å²) in [4.78, 5) is 27.5. The second kappa shape index (κ2) is 8.31. The second-order valence-corrected chi connectivity index (χ2v) is 7.08. The zero-order chi connectivity index (χ0) is 22.1. The molecule has 9 heteroatoms. The van der Waals surface area contributed by atoms with E-state index in [1.165, 1.54) is 14.0 Å². The van der Waals surface area contributed by atoms with Crippen molar-refractivity contribution in [3.05, 3.63) is 53.1 Å². The van der Waals surface area contributed by atoms with Crippen LogP contribution in [0, 0.1) is 0 Å². The average Bonchev–Trinajstić information content (AvgIpc) is 2.94. The fourth-order valence-corrected chi connectivity index (χ4v) is 3.52. The van der Waals surface area contributed by atoms with E-state index < -0.39 is 23.7 Å². The zero-order valence-electron chi connectivity index (χ0n) is 17.1. The van der Waals surface area contributed by atoms with Gasteiger partial charge in [-0.2, -0.15) is 0 Å². The van der Waals surface area contributed by atoms with Crippen molar-refractivity contribution in [2.75, 3.05) is 25.6 Å². The molecule has 2 atom stereocenters. The van der Waals surface area contributed by atoms with E-state index in [1.54, 1.807) is 36.4 Å². The minimum atomic E-state index is -1.76. The van der Waals surface area contributed by atoms with Gasteiger partial charge in [-0.25, -0.2) is 0 Å². The van der Waals surface area contributed by atoms with Gasteiger partial charge in [0.25, 0.3) is 11.8 Å². The van der Waals surface area contributed by atoms with Crippen molar-refractivity contribution in [3.63, 3.8) is 0 Å². The number of fused-ring (bicyclic) bond motifs is 1. The Morgan fingerprint density at radius 1 is 1.20 bits per heavy atom. The lowest BCUT2D eigenvalue weighted by Gasteiger charge is -2.26. The number of nitrogens with zero attached hydrogens (tertiary/aromatic N) is 1. The number of aliphatic hydroxyl groups is 1. The fraction of sp³-hybridized carbons (Fsp3) is 0.333. The third kappa shape index (κ3) is 3.95. The van der Waals surface area contributed by atoms with Crippen molar-refractivity contribution < 1.29 is 24.2 Å². The highest BCUT2D eigenvalue weighted by molar-refractivity contribution is 6.24. The standard InChI is InChI=1S/C21H26N4O5/c1-4-30-17-10-12(8-9-16(17)29-3)15(11-22)25-19(26)13-6-5-7-14(18(13)20(25)27)24-21(2,23)28/h5-10,15,24,28H,4,11,22-23H2,1-3H3. The summed E-state index contributed by atoms with van der Waals surface area (Å²) in [6, 6.07) is 9.19. The third-order valence-corrected chi connectivity index (χ3v) is 4.74. The number of methoxy groups -OCH3 is 1. The normalized spacial score (nSPS) is 16.1. The monoisotopic (exact) mass is 414 g/mol. The summed E-state index contributed by atoms with van der Waals surface area (Å²) < 4.78 is 10.9. The molecule has 0 spiro atoms. The molecule has 0 radical (unpaired) electrons. The van der Waals surface area contributed by atoms with Crippen molar-refractivity contribution in [3.8, 4) is 11.5 Å². The van der Waals surface area contributed by atoms with Gasteiger partial charge in [-0.1, -0.05) is 12.1 Å². The number of carbonyl (C=O) groups excluding carboxylic acids is 2. The number of imide groups is 1. The Labute approximate surface area is 174 Å². The summed E-state index contributed by atoms with van der Waals surface area (Å²) in [5.41, 5.74) is 12.9. The Morgan fingerprint density at radius 2 is 1.93 bits per heavy atom. The highest BCUT2D eigenvalue weighted by atomic mass is 16.5. The van der Waals surface area contributed by atoms with Crippen LogP contribution in [0.25, 0.3) is 0 Å². The van der Waals surface area contributed by atoms with Crippen molar-refractivity contribution in [1.29, 1.82) is 0 Å². The first-order valence-electron chi connectivity index (χ1n) is 9.53. The number of anilines is 1. The van der Waals surface area contributed by atoms with E-state index in [9.17, 15) is 14.7 Å². The number of ether oxygens (including phenoxy) is 2. The number of amides is 2. The molecule has 2 aromatic rings. The van der Waals surface area contributed by atoms with Gasteiger partial charge in [0, 0.05) is 6.54 Å². The Kier molecular flexibility index (Phi) is 5.97. The van der Waals surface area contributed by atoms with Crippen LogP contribution in [0.4, 0.5) is 5.69 Å². The largest absolute Gasteiger partial charge is 0.493 e. The number of nitrogens with one attached hydrogen (secondary N) is 1.